The molecule has 0 saturated carbocycles. The molecular formula is C43H65N11O12S2. The number of phenolic OH excluding ortho intramolecular Hbond substituents is 1. The highest BCUT2D eigenvalue weighted by Gasteiger charge is 2.40. The van der Waals surface area contributed by atoms with Crippen molar-refractivity contribution in [2.24, 2.45) is 29.0 Å². The molecule has 2 heterocycles. The molecule has 376 valence electrons. The van der Waals surface area contributed by atoms with E-state index in [1.165, 1.54) is 17.0 Å². The van der Waals surface area contributed by atoms with Crippen LogP contribution in [0.2, 0.25) is 0 Å². The largest absolute Gasteiger partial charge is 0.508 e. The smallest absolute Gasteiger partial charge is 0.245 e. The van der Waals surface area contributed by atoms with Gasteiger partial charge in [-0.3, -0.25) is 52.7 Å². The van der Waals surface area contributed by atoms with Gasteiger partial charge in [-0.15, -0.1) is 0 Å². The number of rotatable bonds is 17. The molecular weight excluding hydrogens is 927 g/mol. The van der Waals surface area contributed by atoms with Crippen molar-refractivity contribution in [3.63, 3.8) is 0 Å². The molecule has 1 aromatic carbocycles. The van der Waals surface area contributed by atoms with Crippen LogP contribution >= 0.6 is 21.6 Å². The Labute approximate surface area is 402 Å². The second-order valence-electron chi connectivity index (χ2n) is 17.2. The maximum absolute atomic E-state index is 14.5. The molecule has 1 aromatic rings. The number of hydrogen-bond acceptors (Lipinski definition) is 14. The van der Waals surface area contributed by atoms with Crippen molar-refractivity contribution >= 4 is 86.6 Å². The minimum absolute atomic E-state index is 0.0265. The number of primary amides is 3. The fourth-order valence-corrected chi connectivity index (χ4v) is 9.33. The van der Waals surface area contributed by atoms with Crippen LogP contribution in [0.25, 0.3) is 0 Å². The topological polar surface area (TPSA) is 374 Å². The Hall–Kier alpha value is -6.11. The van der Waals surface area contributed by atoms with Gasteiger partial charge in [-0.25, -0.2) is 0 Å². The molecule has 0 unspecified atom stereocenters. The highest BCUT2D eigenvalue weighted by atomic mass is 33.1. The van der Waals surface area contributed by atoms with Crippen LogP contribution in [0.1, 0.15) is 84.6 Å². The summed E-state index contributed by atoms with van der Waals surface area (Å²) in [5, 5.41) is 27.8. The standard InChI is InChI=1S/C43H65N11O12S2/c1-5-23(4)36-42(65)49-26(12-13-32(44)56)38(61)51-30(19-33(45)57)39(62)50-27(14-16-67-68-21-35(59)48-29(40(63)53-36)18-24-8-10-25(55)11-9-24)43(66)54-15-6-7-31(54)41(64)52-28(17-22(2)3)37(60)47-20-34(46)58/h8-11,22-23,26-31,36,55H,5-7,12-21H2,1-4H3,(H2,44,56)(H2,45,57)(H2,46,58)(H,47,60)(H,48,59)(H,49,65)(H,50,62)(H,51,61)(H,52,64)(H,53,63)/t23-,26-,27-,28-,29-,30-,31-,36-/m0/s1. The van der Waals surface area contributed by atoms with Crippen LogP contribution in [0.5, 0.6) is 5.75 Å². The first-order valence-electron chi connectivity index (χ1n) is 22.4. The van der Waals surface area contributed by atoms with Crippen LogP contribution in [-0.4, -0.2) is 142 Å². The zero-order chi connectivity index (χ0) is 50.7. The molecule has 2 aliphatic heterocycles. The summed E-state index contributed by atoms with van der Waals surface area (Å²) in [7, 11) is 2.23. The van der Waals surface area contributed by atoms with Crippen LogP contribution in [0.3, 0.4) is 0 Å². The highest BCUT2D eigenvalue weighted by molar-refractivity contribution is 8.76. The molecule has 23 nitrogen and oxygen atoms in total. The van der Waals surface area contributed by atoms with Crippen molar-refractivity contribution in [2.75, 3.05) is 24.6 Å². The Balaban J connectivity index is 2.02. The van der Waals surface area contributed by atoms with Crippen LogP contribution < -0.4 is 54.4 Å². The molecule has 2 aliphatic rings. The van der Waals surface area contributed by atoms with Crippen molar-refractivity contribution in [3.05, 3.63) is 29.8 Å². The zero-order valence-electron chi connectivity index (χ0n) is 38.6. The molecule has 14 N–H and O–H groups in total. The van der Waals surface area contributed by atoms with Gasteiger partial charge in [-0.05, 0) is 61.6 Å². The average molecular weight is 992 g/mol. The second-order valence-corrected chi connectivity index (χ2v) is 19.7. The number of phenols is 1. The van der Waals surface area contributed by atoms with Gasteiger partial charge < -0.3 is 64.4 Å². The third-order valence-corrected chi connectivity index (χ3v) is 13.5. The van der Waals surface area contributed by atoms with Crippen molar-refractivity contribution in [3.8, 4) is 5.75 Å². The van der Waals surface area contributed by atoms with Gasteiger partial charge in [0.15, 0.2) is 0 Å². The Morgan fingerprint density at radius 1 is 0.794 bits per heavy atom. The lowest BCUT2D eigenvalue weighted by molar-refractivity contribution is -0.142. The summed E-state index contributed by atoms with van der Waals surface area (Å²) in [4.78, 5) is 148. The maximum atomic E-state index is 14.5. The average Bonchev–Trinajstić information content (AvgIpc) is 3.77. The SMILES string of the molecule is CC[C@H](C)[C@@H]1NC(=O)[C@H](Cc2ccc(O)cc2)NC(=O)CSSCC[C@@H](C(=O)N2CCC[C@H]2C(=O)N[C@@H](CC(C)C)C(=O)NCC(N)=O)NC(=O)[C@H](CC(N)=O)NC(=O)[C@H](CCC(N)=O)NC1=O. The molecule has 2 fully saturated rings. The Morgan fingerprint density at radius 3 is 2.06 bits per heavy atom. The van der Waals surface area contributed by atoms with E-state index in [9.17, 15) is 57.8 Å². The fourth-order valence-electron chi connectivity index (χ4n) is 7.39. The number of aromatic hydroxyl groups is 1. The molecule has 0 radical (unpaired) electrons. The first-order valence-corrected chi connectivity index (χ1v) is 24.8. The fraction of sp³-hybridized carbons (Fsp3) is 0.605. The summed E-state index contributed by atoms with van der Waals surface area (Å²) in [5.41, 5.74) is 16.7. The molecule has 0 bridgehead atoms. The molecule has 25 heteroatoms. The van der Waals surface area contributed by atoms with Crippen LogP contribution in [-0.2, 0) is 59.2 Å². The number of nitrogens with one attached hydrogen (secondary N) is 7. The highest BCUT2D eigenvalue weighted by Crippen LogP contribution is 2.25. The lowest BCUT2D eigenvalue weighted by atomic mass is 9.96. The van der Waals surface area contributed by atoms with Gasteiger partial charge in [-0.1, -0.05) is 67.8 Å². The number of nitrogens with zero attached hydrogens (tertiary/aromatic N) is 1. The first kappa shape index (κ1) is 56.2. The third kappa shape index (κ3) is 18.5. The molecule has 11 amide bonds. The van der Waals surface area contributed by atoms with E-state index in [-0.39, 0.29) is 61.8 Å². The van der Waals surface area contributed by atoms with Crippen molar-refractivity contribution in [1.82, 2.24) is 42.1 Å². The van der Waals surface area contributed by atoms with Gasteiger partial charge in [-0.2, -0.15) is 0 Å². The number of benzene rings is 1. The third-order valence-electron chi connectivity index (χ3n) is 11.2. The van der Waals surface area contributed by atoms with E-state index in [4.69, 9.17) is 17.2 Å². The molecule has 68 heavy (non-hydrogen) atoms. The van der Waals surface area contributed by atoms with E-state index in [1.54, 1.807) is 26.0 Å². The van der Waals surface area contributed by atoms with Crippen molar-refractivity contribution < 1.29 is 57.8 Å². The summed E-state index contributed by atoms with van der Waals surface area (Å²) in [6, 6.07) is -3.42. The van der Waals surface area contributed by atoms with Crippen LogP contribution in [0.4, 0.5) is 0 Å². The number of amides is 11. The molecule has 0 aromatic heterocycles. The quantitative estimate of drug-likeness (QED) is 0.0717. The van der Waals surface area contributed by atoms with E-state index >= 15 is 0 Å². The van der Waals surface area contributed by atoms with Gasteiger partial charge >= 0.3 is 0 Å². The normalized spacial score (nSPS) is 23.4. The Kier molecular flexibility index (Phi) is 22.9. The van der Waals surface area contributed by atoms with E-state index in [1.807, 2.05) is 13.8 Å². The maximum Gasteiger partial charge on any atom is 0.245 e. The van der Waals surface area contributed by atoms with E-state index in [0.29, 0.717) is 18.4 Å². The molecule has 0 aliphatic carbocycles. The number of nitrogens with two attached hydrogens (primary N) is 3. The van der Waals surface area contributed by atoms with Crippen molar-refractivity contribution in [1.29, 1.82) is 0 Å². The van der Waals surface area contributed by atoms with Gasteiger partial charge in [0.25, 0.3) is 0 Å². The Morgan fingerprint density at radius 2 is 1.44 bits per heavy atom. The van der Waals surface area contributed by atoms with Gasteiger partial charge in [0.05, 0.1) is 18.7 Å². The second kappa shape index (κ2) is 27.6. The predicted octanol–water partition coefficient (Wildman–Crippen LogP) is -2.55. The van der Waals surface area contributed by atoms with Gasteiger partial charge in [0, 0.05) is 25.1 Å². The molecule has 3 rings (SSSR count). The molecule has 2 saturated heterocycles. The van der Waals surface area contributed by atoms with E-state index < -0.39 is 133 Å². The monoisotopic (exact) mass is 991 g/mol. The number of carbonyl (C=O) groups is 11. The number of carbonyl (C=O) groups excluding carboxylic acids is 11. The van der Waals surface area contributed by atoms with E-state index in [0.717, 1.165) is 21.6 Å². The predicted molar refractivity (Wildman–Crippen MR) is 251 cm³/mol. The summed E-state index contributed by atoms with van der Waals surface area (Å²) in [6.07, 6.45) is -0.603. The van der Waals surface area contributed by atoms with Crippen molar-refractivity contribution in [2.45, 2.75) is 128 Å². The lowest BCUT2D eigenvalue weighted by Crippen LogP contribution is -2.61. The number of likely N-dealkylation sites (tertiary alicyclic amines) is 1. The van der Waals surface area contributed by atoms with Crippen LogP contribution in [0.15, 0.2) is 24.3 Å². The summed E-state index contributed by atoms with van der Waals surface area (Å²) >= 11 is 0. The minimum atomic E-state index is -1.72. The Bertz CT molecular complexity index is 2010. The minimum Gasteiger partial charge on any atom is -0.508 e. The summed E-state index contributed by atoms with van der Waals surface area (Å²) < 4.78 is 0. The number of hydrogen-bond donors (Lipinski definition) is 11. The van der Waals surface area contributed by atoms with E-state index in [2.05, 4.69) is 37.2 Å². The van der Waals surface area contributed by atoms with Gasteiger partial charge in [0.2, 0.25) is 65.0 Å². The first-order chi connectivity index (χ1) is 32.1. The summed E-state index contributed by atoms with van der Waals surface area (Å²) in [6.45, 7) is 6.68. The van der Waals surface area contributed by atoms with Gasteiger partial charge in [0.1, 0.15) is 48.0 Å². The molecule has 0 spiro atoms. The summed E-state index contributed by atoms with van der Waals surface area (Å²) in [5.74, 6) is -9.64. The van der Waals surface area contributed by atoms with Crippen LogP contribution in [0, 0.1) is 11.8 Å². The lowest BCUT2D eigenvalue weighted by Gasteiger charge is -2.31. The zero-order valence-corrected chi connectivity index (χ0v) is 40.3. The molecule has 8 atom stereocenters.